The van der Waals surface area contributed by atoms with Crippen molar-refractivity contribution in [2.75, 3.05) is 35.9 Å². The lowest BCUT2D eigenvalue weighted by molar-refractivity contribution is 0.219. The molecule has 2 atom stereocenters. The highest BCUT2D eigenvalue weighted by Crippen LogP contribution is 2.34. The maximum atomic E-state index is 11.9. The van der Waals surface area contributed by atoms with E-state index in [1.807, 2.05) is 30.3 Å². The molecule has 7 heteroatoms. The lowest BCUT2D eigenvalue weighted by Gasteiger charge is -2.26. The third-order valence-corrected chi connectivity index (χ3v) is 6.29. The number of anilines is 1. The van der Waals surface area contributed by atoms with E-state index in [1.165, 1.54) is 0 Å². The molecule has 0 bridgehead atoms. The Labute approximate surface area is 129 Å². The largest absolute Gasteiger partial charge is 0.384 e. The average molecular weight is 326 g/mol. The van der Waals surface area contributed by atoms with E-state index in [9.17, 15) is 8.42 Å². The number of hydrogen-bond acceptors (Lipinski definition) is 6. The molecule has 0 aromatic heterocycles. The van der Waals surface area contributed by atoms with Gasteiger partial charge in [-0.25, -0.2) is 8.42 Å². The van der Waals surface area contributed by atoms with Gasteiger partial charge in [0, 0.05) is 18.6 Å². The molecule has 0 saturated carbocycles. The van der Waals surface area contributed by atoms with Gasteiger partial charge in [-0.2, -0.15) is 0 Å². The van der Waals surface area contributed by atoms with Gasteiger partial charge in [-0.3, -0.25) is 4.99 Å². The van der Waals surface area contributed by atoms with Crippen LogP contribution in [-0.2, 0) is 14.6 Å². The zero-order valence-electron chi connectivity index (χ0n) is 11.8. The van der Waals surface area contributed by atoms with Crippen molar-refractivity contribution in [1.82, 2.24) is 0 Å². The number of ether oxygens (including phenoxy) is 1. The molecule has 0 radical (unpaired) electrons. The summed E-state index contributed by atoms with van der Waals surface area (Å²) in [5.74, 6) is 1.16. The van der Waals surface area contributed by atoms with Gasteiger partial charge >= 0.3 is 0 Å². The number of methoxy groups -OCH3 is 1. The third-order valence-electron chi connectivity index (χ3n) is 3.66. The first-order valence-corrected chi connectivity index (χ1v) is 9.66. The second-order valence-electron chi connectivity index (χ2n) is 5.17. The van der Waals surface area contributed by atoms with Gasteiger partial charge in [-0.15, -0.1) is 0 Å². The Morgan fingerprint density at radius 1 is 1.33 bits per heavy atom. The van der Waals surface area contributed by atoms with Crippen LogP contribution in [0.2, 0.25) is 0 Å². The van der Waals surface area contributed by atoms with E-state index >= 15 is 0 Å². The Morgan fingerprint density at radius 2 is 2.10 bits per heavy atom. The predicted octanol–water partition coefficient (Wildman–Crippen LogP) is 1.41. The molecule has 1 saturated heterocycles. The minimum absolute atomic E-state index is 0.0672. The summed E-state index contributed by atoms with van der Waals surface area (Å²) in [7, 11) is -1.30. The predicted molar refractivity (Wildman–Crippen MR) is 86.9 cm³/mol. The Bertz CT molecular complexity index is 631. The number of benzene rings is 1. The van der Waals surface area contributed by atoms with Gasteiger partial charge in [0.1, 0.15) is 0 Å². The first-order valence-electron chi connectivity index (χ1n) is 6.85. The number of sulfone groups is 1. The van der Waals surface area contributed by atoms with Crippen molar-refractivity contribution in [1.29, 1.82) is 0 Å². The molecule has 21 heavy (non-hydrogen) atoms. The summed E-state index contributed by atoms with van der Waals surface area (Å²) >= 11 is 1.62. The van der Waals surface area contributed by atoms with E-state index in [0.717, 1.165) is 16.6 Å². The third kappa shape index (κ3) is 3.09. The first kappa shape index (κ1) is 14.9. The molecule has 1 aromatic rings. The maximum Gasteiger partial charge on any atom is 0.164 e. The normalized spacial score (nSPS) is 26.7. The minimum atomic E-state index is -2.98. The van der Waals surface area contributed by atoms with Crippen LogP contribution in [0.4, 0.5) is 5.69 Å². The van der Waals surface area contributed by atoms with E-state index in [4.69, 9.17) is 4.74 Å². The average Bonchev–Trinajstić information content (AvgIpc) is 2.91. The zero-order valence-corrected chi connectivity index (χ0v) is 13.4. The number of aliphatic imine (C=N–C) groups is 1. The van der Waals surface area contributed by atoms with Crippen LogP contribution in [0.3, 0.4) is 0 Å². The van der Waals surface area contributed by atoms with Crippen molar-refractivity contribution in [3.8, 4) is 0 Å². The van der Waals surface area contributed by atoms with Crippen molar-refractivity contribution in [3.05, 3.63) is 30.3 Å². The van der Waals surface area contributed by atoms with Crippen LogP contribution in [0.5, 0.6) is 0 Å². The van der Waals surface area contributed by atoms with Gasteiger partial charge in [-0.05, 0) is 12.1 Å². The van der Waals surface area contributed by atoms with Gasteiger partial charge in [0.05, 0.1) is 30.2 Å². The highest BCUT2D eigenvalue weighted by molar-refractivity contribution is 8.14. The molecule has 0 spiro atoms. The number of para-hydroxylation sites is 1. The van der Waals surface area contributed by atoms with E-state index < -0.39 is 9.84 Å². The Kier molecular flexibility index (Phi) is 4.24. The van der Waals surface area contributed by atoms with Crippen LogP contribution in [0, 0.1) is 0 Å². The Morgan fingerprint density at radius 3 is 2.81 bits per heavy atom. The second-order valence-corrected chi connectivity index (χ2v) is 8.39. The monoisotopic (exact) mass is 326 g/mol. The summed E-state index contributed by atoms with van der Waals surface area (Å²) in [5.41, 5.74) is 1.01. The summed E-state index contributed by atoms with van der Waals surface area (Å²) in [4.78, 5) is 6.73. The van der Waals surface area contributed by atoms with E-state index in [1.54, 1.807) is 18.9 Å². The van der Waals surface area contributed by atoms with E-state index in [-0.39, 0.29) is 23.6 Å². The number of rotatable bonds is 4. The molecular formula is C14H18N2O3S2. The van der Waals surface area contributed by atoms with Crippen LogP contribution >= 0.6 is 11.8 Å². The number of hydrogen-bond donors (Lipinski definition) is 0. The second kappa shape index (κ2) is 5.98. The molecule has 0 amide bonds. The van der Waals surface area contributed by atoms with Crippen LogP contribution in [0.1, 0.15) is 0 Å². The first-order chi connectivity index (χ1) is 10.1. The molecule has 3 rings (SSSR count). The minimum Gasteiger partial charge on any atom is -0.384 e. The fourth-order valence-corrected chi connectivity index (χ4v) is 5.61. The number of thioether (sulfide) groups is 1. The highest BCUT2D eigenvalue weighted by Gasteiger charge is 2.46. The summed E-state index contributed by atoms with van der Waals surface area (Å²) in [6, 6.07) is 9.67. The van der Waals surface area contributed by atoms with Crippen molar-refractivity contribution in [2.24, 2.45) is 4.99 Å². The Balaban J connectivity index is 1.87. The summed E-state index contributed by atoms with van der Waals surface area (Å²) < 4.78 is 28.8. The van der Waals surface area contributed by atoms with Gasteiger partial charge < -0.3 is 9.64 Å². The molecule has 5 nitrogen and oxygen atoms in total. The molecular weight excluding hydrogens is 308 g/mol. The van der Waals surface area contributed by atoms with E-state index in [2.05, 4.69) is 9.89 Å². The molecule has 114 valence electrons. The topological polar surface area (TPSA) is 59.0 Å². The molecule has 0 N–H and O–H groups in total. The molecule has 0 aliphatic carbocycles. The molecule has 2 aliphatic rings. The van der Waals surface area contributed by atoms with Gasteiger partial charge in [0.25, 0.3) is 0 Å². The van der Waals surface area contributed by atoms with Crippen LogP contribution in [0.15, 0.2) is 35.3 Å². The standard InChI is InChI=1S/C14H18N2O3S2/c1-19-7-8-20-14-15-12-9-21(17,18)10-13(12)16(14)11-5-3-2-4-6-11/h2-6,12-13H,7-10H2,1H3/t12-,13+/m1/s1. The smallest absolute Gasteiger partial charge is 0.164 e. The van der Waals surface area contributed by atoms with Gasteiger partial charge in [-0.1, -0.05) is 30.0 Å². The Hall–Kier alpha value is -1.05. The highest BCUT2D eigenvalue weighted by atomic mass is 32.2. The van der Waals surface area contributed by atoms with E-state index in [0.29, 0.717) is 6.61 Å². The number of fused-ring (bicyclic) bond motifs is 1. The van der Waals surface area contributed by atoms with Gasteiger partial charge in [0.2, 0.25) is 0 Å². The van der Waals surface area contributed by atoms with Crippen LogP contribution in [0.25, 0.3) is 0 Å². The summed E-state index contributed by atoms with van der Waals surface area (Å²) in [5, 5.41) is 0.906. The van der Waals surface area contributed by atoms with Crippen LogP contribution < -0.4 is 4.90 Å². The van der Waals surface area contributed by atoms with Crippen molar-refractivity contribution in [2.45, 2.75) is 12.1 Å². The number of amidine groups is 1. The maximum absolute atomic E-state index is 11.9. The fourth-order valence-electron chi connectivity index (χ4n) is 2.74. The molecule has 2 aliphatic heterocycles. The SMILES string of the molecule is COCCSC1=N[C@@H]2CS(=O)(=O)C[C@@H]2N1c1ccccc1. The molecule has 1 fully saturated rings. The molecule has 2 heterocycles. The van der Waals surface area contributed by atoms with Crippen molar-refractivity contribution >= 4 is 32.5 Å². The fraction of sp³-hybridized carbons (Fsp3) is 0.500. The molecule has 1 aromatic carbocycles. The summed E-state index contributed by atoms with van der Waals surface area (Å²) in [6.07, 6.45) is 0. The molecule has 0 unspecified atom stereocenters. The quantitative estimate of drug-likeness (QED) is 0.783. The number of nitrogens with zero attached hydrogens (tertiary/aromatic N) is 2. The van der Waals surface area contributed by atoms with Crippen LogP contribution in [-0.4, -0.2) is 56.6 Å². The van der Waals surface area contributed by atoms with Crippen molar-refractivity contribution < 1.29 is 13.2 Å². The lowest BCUT2D eigenvalue weighted by Crippen LogP contribution is -2.39. The summed E-state index contributed by atoms with van der Waals surface area (Å²) in [6.45, 7) is 0.653. The zero-order chi connectivity index (χ0) is 14.9. The lowest BCUT2D eigenvalue weighted by atomic mass is 10.1. The van der Waals surface area contributed by atoms with Gasteiger partial charge in [0.15, 0.2) is 15.0 Å². The van der Waals surface area contributed by atoms with Crippen molar-refractivity contribution in [3.63, 3.8) is 0 Å².